The monoisotopic (exact) mass is 274 g/mol. The van der Waals surface area contributed by atoms with Gasteiger partial charge in [0.05, 0.1) is 0 Å². The number of carbonyl (C=O) groups is 2. The molecule has 104 valence electrons. The first-order valence-electron chi connectivity index (χ1n) is 6.23. The van der Waals surface area contributed by atoms with E-state index in [1.807, 2.05) is 0 Å². The Morgan fingerprint density at radius 3 is 2.60 bits per heavy atom. The van der Waals surface area contributed by atoms with Crippen LogP contribution in [-0.2, 0) is 4.79 Å². The van der Waals surface area contributed by atoms with Crippen LogP contribution in [-0.4, -0.2) is 11.8 Å². The summed E-state index contributed by atoms with van der Waals surface area (Å²) in [6.45, 7) is 4.74. The van der Waals surface area contributed by atoms with E-state index in [0.717, 1.165) is 0 Å². The summed E-state index contributed by atoms with van der Waals surface area (Å²) < 4.78 is 10.2. The van der Waals surface area contributed by atoms with Gasteiger partial charge in [0.1, 0.15) is 11.3 Å². The lowest BCUT2D eigenvalue weighted by Crippen LogP contribution is -2.10. The molecule has 0 aliphatic heterocycles. The van der Waals surface area contributed by atoms with Gasteiger partial charge in [0.15, 0.2) is 11.4 Å². The van der Waals surface area contributed by atoms with Crippen LogP contribution in [0.3, 0.4) is 0 Å². The fourth-order valence-corrected chi connectivity index (χ4v) is 1.98. The topological polar surface area (TPSA) is 73.6 Å². The molecule has 1 heterocycles. The Balaban J connectivity index is 2.78. The number of hydrogen-bond acceptors (Lipinski definition) is 5. The molecule has 1 aromatic carbocycles. The molecule has 5 nitrogen and oxygen atoms in total. The average molecular weight is 274 g/mol. The van der Waals surface area contributed by atoms with Crippen molar-refractivity contribution in [2.45, 2.75) is 27.2 Å². The highest BCUT2D eigenvalue weighted by Gasteiger charge is 2.18. The van der Waals surface area contributed by atoms with Crippen LogP contribution in [0.25, 0.3) is 11.0 Å². The van der Waals surface area contributed by atoms with Crippen LogP contribution < -0.4 is 10.4 Å². The van der Waals surface area contributed by atoms with Crippen molar-refractivity contribution in [2.75, 3.05) is 0 Å². The Bertz CT molecular complexity index is 755. The van der Waals surface area contributed by atoms with Crippen LogP contribution in [0.5, 0.6) is 5.75 Å². The fraction of sp³-hybridized carbons (Fsp3) is 0.267. The summed E-state index contributed by atoms with van der Waals surface area (Å²) in [7, 11) is 0. The van der Waals surface area contributed by atoms with Gasteiger partial charge in [0.25, 0.3) is 0 Å². The lowest BCUT2D eigenvalue weighted by atomic mass is 10.0. The maximum absolute atomic E-state index is 11.8. The van der Waals surface area contributed by atoms with Crippen LogP contribution in [0.1, 0.15) is 36.2 Å². The third-order valence-electron chi connectivity index (χ3n) is 2.95. The van der Waals surface area contributed by atoms with E-state index >= 15 is 0 Å². The molecule has 0 radical (unpaired) electrons. The molecule has 0 N–H and O–H groups in total. The van der Waals surface area contributed by atoms with Crippen molar-refractivity contribution in [3.05, 3.63) is 39.7 Å². The van der Waals surface area contributed by atoms with Crippen molar-refractivity contribution in [1.29, 1.82) is 0 Å². The highest BCUT2D eigenvalue weighted by Crippen LogP contribution is 2.29. The number of ketones is 1. The number of benzene rings is 1. The second-order valence-corrected chi connectivity index (χ2v) is 4.45. The molecule has 0 atom stereocenters. The van der Waals surface area contributed by atoms with Crippen LogP contribution in [0.15, 0.2) is 27.4 Å². The second-order valence-electron chi connectivity index (χ2n) is 4.45. The first-order valence-corrected chi connectivity index (χ1v) is 6.23. The molecule has 1 aromatic heterocycles. The third-order valence-corrected chi connectivity index (χ3v) is 2.95. The molecule has 0 bridgehead atoms. The van der Waals surface area contributed by atoms with E-state index in [4.69, 9.17) is 9.15 Å². The SMILES string of the molecule is CCC(=O)Oc1ccc2c(C)cc(=O)oc2c1C(C)=O. The molecule has 2 aromatic rings. The Labute approximate surface area is 115 Å². The van der Waals surface area contributed by atoms with Gasteiger partial charge in [-0.2, -0.15) is 0 Å². The predicted octanol–water partition coefficient (Wildman–Crippen LogP) is 2.62. The molecule has 5 heteroatoms. The molecule has 0 unspecified atom stereocenters. The van der Waals surface area contributed by atoms with Crippen molar-refractivity contribution in [3.63, 3.8) is 0 Å². The smallest absolute Gasteiger partial charge is 0.336 e. The molecular weight excluding hydrogens is 260 g/mol. The molecule has 0 spiro atoms. The zero-order chi connectivity index (χ0) is 14.9. The van der Waals surface area contributed by atoms with Gasteiger partial charge in [-0.25, -0.2) is 4.79 Å². The van der Waals surface area contributed by atoms with Gasteiger partial charge in [-0.3, -0.25) is 9.59 Å². The van der Waals surface area contributed by atoms with Crippen LogP contribution in [0.2, 0.25) is 0 Å². The number of fused-ring (bicyclic) bond motifs is 1. The number of rotatable bonds is 3. The van der Waals surface area contributed by atoms with Crippen LogP contribution in [0.4, 0.5) is 0 Å². The summed E-state index contributed by atoms with van der Waals surface area (Å²) >= 11 is 0. The van der Waals surface area contributed by atoms with Crippen molar-refractivity contribution in [1.82, 2.24) is 0 Å². The average Bonchev–Trinajstić information content (AvgIpc) is 2.37. The number of esters is 1. The van der Waals surface area contributed by atoms with E-state index in [1.165, 1.54) is 13.0 Å². The standard InChI is InChI=1S/C15H14O5/c1-4-12(17)19-11-6-5-10-8(2)7-13(18)20-15(10)14(11)9(3)16/h5-7H,4H2,1-3H3. The number of ether oxygens (including phenoxy) is 1. The van der Waals surface area contributed by atoms with Crippen molar-refractivity contribution in [3.8, 4) is 5.75 Å². The normalized spacial score (nSPS) is 10.6. The Kier molecular flexibility index (Phi) is 3.70. The van der Waals surface area contributed by atoms with Gasteiger partial charge in [-0.15, -0.1) is 0 Å². The van der Waals surface area contributed by atoms with Crippen LogP contribution >= 0.6 is 0 Å². The van der Waals surface area contributed by atoms with E-state index in [0.29, 0.717) is 10.9 Å². The summed E-state index contributed by atoms with van der Waals surface area (Å²) in [5.41, 5.74) is 0.428. The summed E-state index contributed by atoms with van der Waals surface area (Å²) in [6, 6.07) is 4.56. The summed E-state index contributed by atoms with van der Waals surface area (Å²) in [5.74, 6) is -0.671. The quantitative estimate of drug-likeness (QED) is 0.372. The Hall–Kier alpha value is -2.43. The number of aryl methyl sites for hydroxylation is 1. The lowest BCUT2D eigenvalue weighted by molar-refractivity contribution is -0.134. The molecule has 0 fully saturated rings. The molecule has 0 saturated heterocycles. The van der Waals surface area contributed by atoms with Crippen molar-refractivity contribution < 1.29 is 18.7 Å². The third kappa shape index (κ3) is 2.47. The fourth-order valence-electron chi connectivity index (χ4n) is 1.98. The van der Waals surface area contributed by atoms with E-state index in [-0.39, 0.29) is 29.1 Å². The minimum Gasteiger partial charge on any atom is -0.426 e. The maximum Gasteiger partial charge on any atom is 0.336 e. The molecule has 0 aliphatic carbocycles. The molecule has 2 rings (SSSR count). The summed E-state index contributed by atoms with van der Waals surface area (Å²) in [4.78, 5) is 34.7. The Morgan fingerprint density at radius 2 is 2.00 bits per heavy atom. The molecule has 20 heavy (non-hydrogen) atoms. The molecular formula is C15H14O5. The van der Waals surface area contributed by atoms with Gasteiger partial charge in [0, 0.05) is 17.9 Å². The van der Waals surface area contributed by atoms with E-state index in [1.54, 1.807) is 26.0 Å². The lowest BCUT2D eigenvalue weighted by Gasteiger charge is -2.10. The zero-order valence-electron chi connectivity index (χ0n) is 11.5. The van der Waals surface area contributed by atoms with Gasteiger partial charge in [0.2, 0.25) is 0 Å². The molecule has 0 saturated carbocycles. The second kappa shape index (κ2) is 5.28. The first kappa shape index (κ1) is 14.0. The van der Waals surface area contributed by atoms with Gasteiger partial charge in [-0.05, 0) is 31.5 Å². The van der Waals surface area contributed by atoms with E-state index in [2.05, 4.69) is 0 Å². The predicted molar refractivity (Wildman–Crippen MR) is 73.2 cm³/mol. The van der Waals surface area contributed by atoms with Crippen LogP contribution in [0, 0.1) is 6.92 Å². The number of carbonyl (C=O) groups excluding carboxylic acids is 2. The summed E-state index contributed by atoms with van der Waals surface area (Å²) in [6.07, 6.45) is 0.188. The first-order chi connectivity index (χ1) is 9.43. The van der Waals surface area contributed by atoms with Crippen molar-refractivity contribution >= 4 is 22.7 Å². The summed E-state index contributed by atoms with van der Waals surface area (Å²) in [5, 5.41) is 0.645. The Morgan fingerprint density at radius 1 is 1.30 bits per heavy atom. The van der Waals surface area contributed by atoms with Gasteiger partial charge in [-0.1, -0.05) is 6.92 Å². The number of hydrogen-bond donors (Lipinski definition) is 0. The molecule has 0 aliphatic rings. The maximum atomic E-state index is 11.8. The highest BCUT2D eigenvalue weighted by atomic mass is 16.5. The van der Waals surface area contributed by atoms with Crippen molar-refractivity contribution in [2.24, 2.45) is 0 Å². The number of Topliss-reactive ketones (excluding diaryl/α,β-unsaturated/α-hetero) is 1. The highest BCUT2D eigenvalue weighted by molar-refractivity contribution is 6.08. The minimum absolute atomic E-state index is 0.116. The van der Waals surface area contributed by atoms with Gasteiger partial charge < -0.3 is 9.15 Å². The largest absolute Gasteiger partial charge is 0.426 e. The molecule has 0 amide bonds. The van der Waals surface area contributed by atoms with Gasteiger partial charge >= 0.3 is 11.6 Å². The zero-order valence-corrected chi connectivity index (χ0v) is 11.5. The van der Waals surface area contributed by atoms with E-state index in [9.17, 15) is 14.4 Å². The van der Waals surface area contributed by atoms with E-state index < -0.39 is 11.6 Å². The minimum atomic E-state index is -0.545.